The van der Waals surface area contributed by atoms with E-state index in [0.717, 1.165) is 0 Å². The summed E-state index contributed by atoms with van der Waals surface area (Å²) >= 11 is 12.3. The van der Waals surface area contributed by atoms with Crippen LogP contribution in [0, 0.1) is 0 Å². The van der Waals surface area contributed by atoms with E-state index in [1.165, 1.54) is 0 Å². The van der Waals surface area contributed by atoms with Crippen molar-refractivity contribution in [2.45, 2.75) is 13.0 Å². The number of methoxy groups -OCH3 is 1. The van der Waals surface area contributed by atoms with Gasteiger partial charge in [-0.25, -0.2) is 9.59 Å². The quantitative estimate of drug-likeness (QED) is 0.705. The van der Waals surface area contributed by atoms with E-state index in [1.54, 1.807) is 56.5 Å². The van der Waals surface area contributed by atoms with Gasteiger partial charge < -0.3 is 20.1 Å². The largest absolute Gasteiger partial charge is 0.497 e. The second kappa shape index (κ2) is 8.54. The highest BCUT2D eigenvalue weighted by atomic mass is 35.5. The molecule has 0 radical (unpaired) electrons. The molecule has 2 N–H and O–H groups in total. The molecular weight excluding hydrogens is 403 g/mol. The summed E-state index contributed by atoms with van der Waals surface area (Å²) in [6, 6.07) is 10.6. The zero-order chi connectivity index (χ0) is 20.3. The first-order valence-corrected chi connectivity index (χ1v) is 9.28. The first kappa shape index (κ1) is 20.0. The molecule has 1 aliphatic rings. The van der Waals surface area contributed by atoms with Gasteiger partial charge >= 0.3 is 12.0 Å². The predicted octanol–water partition coefficient (Wildman–Crippen LogP) is 4.33. The molecule has 1 atom stereocenters. The number of urea groups is 1. The second-order valence-electron chi connectivity index (χ2n) is 5.93. The van der Waals surface area contributed by atoms with Crippen LogP contribution in [0.15, 0.2) is 48.0 Å². The summed E-state index contributed by atoms with van der Waals surface area (Å²) in [6.45, 7) is 1.90. The molecule has 6 nitrogen and oxygen atoms in total. The van der Waals surface area contributed by atoms with E-state index in [4.69, 9.17) is 32.7 Å². The fourth-order valence-electron chi connectivity index (χ4n) is 2.95. The molecule has 2 aromatic rings. The minimum Gasteiger partial charge on any atom is -0.497 e. The number of benzene rings is 2. The summed E-state index contributed by atoms with van der Waals surface area (Å²) in [5.41, 5.74) is 1.76. The number of amides is 2. The lowest BCUT2D eigenvalue weighted by Gasteiger charge is -2.30. The zero-order valence-corrected chi connectivity index (χ0v) is 16.7. The van der Waals surface area contributed by atoms with Crippen LogP contribution in [-0.4, -0.2) is 25.7 Å². The molecule has 0 aromatic heterocycles. The lowest BCUT2D eigenvalue weighted by atomic mass is 9.92. The fourth-order valence-corrected chi connectivity index (χ4v) is 3.47. The Morgan fingerprint density at radius 1 is 1.14 bits per heavy atom. The summed E-state index contributed by atoms with van der Waals surface area (Å²) in [5, 5.41) is 6.23. The standard InChI is InChI=1S/C20H18Cl2N2O4/c1-3-28-19(25)16-17(11-4-7-13(27-2)8-5-11)23-20(26)24-18(16)14-9-6-12(21)10-15(14)22/h4-10,18H,3H2,1-2H3,(H2,23,24,26). The summed E-state index contributed by atoms with van der Waals surface area (Å²) < 4.78 is 10.4. The normalized spacial score (nSPS) is 16.3. The van der Waals surface area contributed by atoms with Gasteiger partial charge in [0.1, 0.15) is 5.75 Å². The highest BCUT2D eigenvalue weighted by Gasteiger charge is 2.35. The topological polar surface area (TPSA) is 76.7 Å². The molecule has 0 saturated carbocycles. The number of halogens is 2. The van der Waals surface area contributed by atoms with Gasteiger partial charge in [0, 0.05) is 10.0 Å². The minimum absolute atomic E-state index is 0.188. The maximum atomic E-state index is 12.8. The lowest BCUT2D eigenvalue weighted by molar-refractivity contribution is -0.138. The molecule has 0 spiro atoms. The Kier molecular flexibility index (Phi) is 6.11. The van der Waals surface area contributed by atoms with Crippen LogP contribution in [0.4, 0.5) is 4.79 Å². The number of carbonyl (C=O) groups is 2. The van der Waals surface area contributed by atoms with Crippen LogP contribution in [0.25, 0.3) is 5.70 Å². The third-order valence-corrected chi connectivity index (χ3v) is 4.78. The Morgan fingerprint density at radius 2 is 1.86 bits per heavy atom. The molecule has 1 unspecified atom stereocenters. The van der Waals surface area contributed by atoms with Crippen molar-refractivity contribution in [2.75, 3.05) is 13.7 Å². The second-order valence-corrected chi connectivity index (χ2v) is 6.78. The smallest absolute Gasteiger partial charge is 0.338 e. The molecule has 146 valence electrons. The average Bonchev–Trinajstić information content (AvgIpc) is 2.67. The molecule has 2 aromatic carbocycles. The molecular formula is C20H18Cl2N2O4. The van der Waals surface area contributed by atoms with Crippen molar-refractivity contribution in [3.8, 4) is 5.75 Å². The monoisotopic (exact) mass is 420 g/mol. The highest BCUT2D eigenvalue weighted by molar-refractivity contribution is 6.35. The molecule has 0 fully saturated rings. The van der Waals surface area contributed by atoms with E-state index in [1.807, 2.05) is 0 Å². The van der Waals surface area contributed by atoms with E-state index in [-0.39, 0.29) is 12.2 Å². The van der Waals surface area contributed by atoms with Crippen LogP contribution < -0.4 is 15.4 Å². The van der Waals surface area contributed by atoms with Crippen LogP contribution in [0.2, 0.25) is 10.0 Å². The van der Waals surface area contributed by atoms with Crippen molar-refractivity contribution in [3.05, 3.63) is 69.2 Å². The number of ether oxygens (including phenoxy) is 2. The van der Waals surface area contributed by atoms with Gasteiger partial charge in [0.05, 0.1) is 31.0 Å². The van der Waals surface area contributed by atoms with E-state index in [2.05, 4.69) is 10.6 Å². The molecule has 1 heterocycles. The molecule has 8 heteroatoms. The Morgan fingerprint density at radius 3 is 2.46 bits per heavy atom. The van der Waals surface area contributed by atoms with Crippen molar-refractivity contribution < 1.29 is 19.1 Å². The van der Waals surface area contributed by atoms with Crippen LogP contribution in [-0.2, 0) is 9.53 Å². The molecule has 2 amide bonds. The third-order valence-electron chi connectivity index (χ3n) is 4.22. The van der Waals surface area contributed by atoms with Crippen LogP contribution in [0.3, 0.4) is 0 Å². The Labute approximate surface area is 172 Å². The maximum absolute atomic E-state index is 12.8. The van der Waals surface area contributed by atoms with E-state index in [0.29, 0.717) is 32.6 Å². The number of esters is 1. The van der Waals surface area contributed by atoms with Crippen LogP contribution in [0.1, 0.15) is 24.1 Å². The van der Waals surface area contributed by atoms with Crippen molar-refractivity contribution >= 4 is 40.9 Å². The van der Waals surface area contributed by atoms with Gasteiger partial charge in [-0.2, -0.15) is 0 Å². The maximum Gasteiger partial charge on any atom is 0.338 e. The van der Waals surface area contributed by atoms with Crippen molar-refractivity contribution in [2.24, 2.45) is 0 Å². The zero-order valence-electron chi connectivity index (χ0n) is 15.2. The number of carbonyl (C=O) groups excluding carboxylic acids is 2. The molecule has 0 aliphatic carbocycles. The molecule has 0 saturated heterocycles. The van der Waals surface area contributed by atoms with E-state index < -0.39 is 18.0 Å². The van der Waals surface area contributed by atoms with Crippen molar-refractivity contribution in [1.82, 2.24) is 10.6 Å². The van der Waals surface area contributed by atoms with Gasteiger partial charge in [0.2, 0.25) is 0 Å². The summed E-state index contributed by atoms with van der Waals surface area (Å²) in [6.07, 6.45) is 0. The summed E-state index contributed by atoms with van der Waals surface area (Å²) in [4.78, 5) is 25.2. The summed E-state index contributed by atoms with van der Waals surface area (Å²) in [7, 11) is 1.56. The van der Waals surface area contributed by atoms with Gasteiger partial charge in [0.15, 0.2) is 0 Å². The lowest BCUT2D eigenvalue weighted by Crippen LogP contribution is -2.45. The summed E-state index contributed by atoms with van der Waals surface area (Å²) in [5.74, 6) is 0.0939. The molecule has 1 aliphatic heterocycles. The number of rotatable bonds is 5. The molecule has 3 rings (SSSR count). The van der Waals surface area contributed by atoms with Gasteiger partial charge in [0.25, 0.3) is 0 Å². The van der Waals surface area contributed by atoms with Crippen molar-refractivity contribution in [3.63, 3.8) is 0 Å². The first-order valence-electron chi connectivity index (χ1n) is 8.52. The van der Waals surface area contributed by atoms with Gasteiger partial charge in [-0.05, 0) is 54.4 Å². The van der Waals surface area contributed by atoms with Gasteiger partial charge in [-0.3, -0.25) is 0 Å². The first-order chi connectivity index (χ1) is 13.4. The van der Waals surface area contributed by atoms with Gasteiger partial charge in [-0.15, -0.1) is 0 Å². The Bertz CT molecular complexity index is 942. The van der Waals surface area contributed by atoms with E-state index >= 15 is 0 Å². The Balaban J connectivity index is 2.18. The molecule has 0 bridgehead atoms. The van der Waals surface area contributed by atoms with Crippen molar-refractivity contribution in [1.29, 1.82) is 0 Å². The van der Waals surface area contributed by atoms with Crippen LogP contribution >= 0.6 is 23.2 Å². The Hall–Kier alpha value is -2.70. The predicted molar refractivity (Wildman–Crippen MR) is 107 cm³/mol. The minimum atomic E-state index is -0.797. The van der Waals surface area contributed by atoms with Gasteiger partial charge in [-0.1, -0.05) is 29.3 Å². The molecule has 28 heavy (non-hydrogen) atoms. The fraction of sp³-hybridized carbons (Fsp3) is 0.200. The SMILES string of the molecule is CCOC(=O)C1=C(c2ccc(OC)cc2)NC(=O)NC1c1ccc(Cl)cc1Cl. The highest BCUT2D eigenvalue weighted by Crippen LogP contribution is 2.36. The number of hydrogen-bond donors (Lipinski definition) is 2. The van der Waals surface area contributed by atoms with Crippen LogP contribution in [0.5, 0.6) is 5.75 Å². The third kappa shape index (κ3) is 4.08. The number of nitrogens with one attached hydrogen (secondary N) is 2. The van der Waals surface area contributed by atoms with E-state index in [9.17, 15) is 9.59 Å². The number of hydrogen-bond acceptors (Lipinski definition) is 4. The average molecular weight is 421 g/mol.